The molecule has 0 aliphatic heterocycles. The van der Waals surface area contributed by atoms with E-state index in [9.17, 15) is 9.59 Å². The summed E-state index contributed by atoms with van der Waals surface area (Å²) in [6, 6.07) is 6.96. The molecule has 1 aromatic carbocycles. The highest BCUT2D eigenvalue weighted by Gasteiger charge is 2.11. The standard InChI is InChI=1S/C14H16N4O2S/c1-3-18-9-15-17-14(18)21-8-13(20)16-12-7-5-4-6-11(12)10(2)19/h4-7,9H,3,8H2,1-2H3,(H,16,20). The van der Waals surface area contributed by atoms with E-state index in [4.69, 9.17) is 0 Å². The van der Waals surface area contributed by atoms with Gasteiger partial charge in [-0.15, -0.1) is 10.2 Å². The quantitative estimate of drug-likeness (QED) is 0.654. The van der Waals surface area contributed by atoms with Gasteiger partial charge in [-0.1, -0.05) is 23.9 Å². The van der Waals surface area contributed by atoms with Crippen molar-refractivity contribution in [1.29, 1.82) is 0 Å². The minimum atomic E-state index is -0.181. The second kappa shape index (κ2) is 7.03. The monoisotopic (exact) mass is 304 g/mol. The van der Waals surface area contributed by atoms with Crippen molar-refractivity contribution in [2.45, 2.75) is 25.5 Å². The van der Waals surface area contributed by atoms with Gasteiger partial charge in [-0.3, -0.25) is 9.59 Å². The van der Waals surface area contributed by atoms with Gasteiger partial charge in [-0.2, -0.15) is 0 Å². The Labute approximate surface area is 127 Å². The van der Waals surface area contributed by atoms with Crippen molar-refractivity contribution in [2.75, 3.05) is 11.1 Å². The van der Waals surface area contributed by atoms with E-state index in [-0.39, 0.29) is 17.4 Å². The molecule has 1 amide bonds. The molecule has 0 fully saturated rings. The first-order valence-electron chi connectivity index (χ1n) is 6.52. The predicted molar refractivity (Wildman–Crippen MR) is 81.5 cm³/mol. The first-order chi connectivity index (χ1) is 10.1. The fourth-order valence-electron chi connectivity index (χ4n) is 1.79. The van der Waals surface area contributed by atoms with Crippen molar-refractivity contribution in [2.24, 2.45) is 0 Å². The van der Waals surface area contributed by atoms with Gasteiger partial charge in [0.1, 0.15) is 6.33 Å². The SMILES string of the molecule is CCn1cnnc1SCC(=O)Nc1ccccc1C(C)=O. The molecule has 0 saturated heterocycles. The average Bonchev–Trinajstić information content (AvgIpc) is 2.93. The summed E-state index contributed by atoms with van der Waals surface area (Å²) in [6.45, 7) is 4.21. The van der Waals surface area contributed by atoms with Crippen molar-refractivity contribution < 1.29 is 9.59 Å². The number of amides is 1. The summed E-state index contributed by atoms with van der Waals surface area (Å²) < 4.78 is 1.86. The van der Waals surface area contributed by atoms with Crippen LogP contribution in [0.2, 0.25) is 0 Å². The molecule has 21 heavy (non-hydrogen) atoms. The number of hydrogen-bond donors (Lipinski definition) is 1. The van der Waals surface area contributed by atoms with E-state index in [2.05, 4.69) is 15.5 Å². The molecule has 0 radical (unpaired) electrons. The molecule has 2 aromatic rings. The van der Waals surface area contributed by atoms with Gasteiger partial charge in [-0.05, 0) is 26.0 Å². The van der Waals surface area contributed by atoms with Gasteiger partial charge in [-0.25, -0.2) is 0 Å². The maximum absolute atomic E-state index is 12.0. The van der Waals surface area contributed by atoms with Gasteiger partial charge in [0.25, 0.3) is 0 Å². The Bertz CT molecular complexity index is 654. The topological polar surface area (TPSA) is 76.9 Å². The minimum absolute atomic E-state index is 0.0794. The lowest BCUT2D eigenvalue weighted by molar-refractivity contribution is -0.113. The van der Waals surface area contributed by atoms with Crippen molar-refractivity contribution >= 4 is 29.1 Å². The summed E-state index contributed by atoms with van der Waals surface area (Å²) in [4.78, 5) is 23.5. The highest BCUT2D eigenvalue weighted by molar-refractivity contribution is 7.99. The van der Waals surface area contributed by atoms with Crippen LogP contribution in [0.4, 0.5) is 5.69 Å². The lowest BCUT2D eigenvalue weighted by Crippen LogP contribution is -2.16. The van der Waals surface area contributed by atoms with Gasteiger partial charge in [0.2, 0.25) is 5.91 Å². The summed E-state index contributed by atoms with van der Waals surface area (Å²) in [6.07, 6.45) is 1.63. The summed E-state index contributed by atoms with van der Waals surface area (Å²) >= 11 is 1.31. The number of aryl methyl sites for hydroxylation is 1. The molecule has 0 saturated carbocycles. The van der Waals surface area contributed by atoms with Gasteiger partial charge in [0.15, 0.2) is 10.9 Å². The average molecular weight is 304 g/mol. The number of thioether (sulfide) groups is 1. The molecule has 1 heterocycles. The summed E-state index contributed by atoms with van der Waals surface area (Å²) in [5.74, 6) is -0.0473. The van der Waals surface area contributed by atoms with Crippen LogP contribution in [0.15, 0.2) is 35.7 Å². The Morgan fingerprint density at radius 3 is 2.81 bits per heavy atom. The number of Topliss-reactive ketones (excluding diaryl/α,β-unsaturated/α-hetero) is 1. The number of para-hydroxylation sites is 1. The van der Waals surface area contributed by atoms with Crippen LogP contribution in [-0.4, -0.2) is 32.2 Å². The molecule has 0 aliphatic rings. The lowest BCUT2D eigenvalue weighted by Gasteiger charge is -2.08. The van der Waals surface area contributed by atoms with Crippen LogP contribution >= 0.6 is 11.8 Å². The van der Waals surface area contributed by atoms with E-state index in [1.54, 1.807) is 30.6 Å². The van der Waals surface area contributed by atoms with Crippen LogP contribution in [0, 0.1) is 0 Å². The Morgan fingerprint density at radius 1 is 1.33 bits per heavy atom. The van der Waals surface area contributed by atoms with Crippen LogP contribution in [0.1, 0.15) is 24.2 Å². The number of hydrogen-bond acceptors (Lipinski definition) is 5. The molecular formula is C14H16N4O2S. The molecular weight excluding hydrogens is 288 g/mol. The van der Waals surface area contributed by atoms with Crippen LogP contribution in [0.25, 0.3) is 0 Å². The van der Waals surface area contributed by atoms with Crippen molar-refractivity contribution in [1.82, 2.24) is 14.8 Å². The zero-order valence-electron chi connectivity index (χ0n) is 11.9. The summed E-state index contributed by atoms with van der Waals surface area (Å²) in [5, 5.41) is 11.2. The highest BCUT2D eigenvalue weighted by Crippen LogP contribution is 2.18. The molecule has 6 nitrogen and oxygen atoms in total. The number of anilines is 1. The Balaban J connectivity index is 1.98. The van der Waals surface area contributed by atoms with Gasteiger partial charge in [0.05, 0.1) is 11.4 Å². The molecule has 1 aromatic heterocycles. The normalized spacial score (nSPS) is 10.4. The van der Waals surface area contributed by atoms with Gasteiger partial charge in [0, 0.05) is 12.1 Å². The molecule has 1 N–H and O–H groups in total. The van der Waals surface area contributed by atoms with E-state index >= 15 is 0 Å². The third kappa shape index (κ3) is 3.91. The maximum Gasteiger partial charge on any atom is 0.234 e. The predicted octanol–water partition coefficient (Wildman–Crippen LogP) is 2.23. The summed E-state index contributed by atoms with van der Waals surface area (Å²) in [7, 11) is 0. The second-order valence-electron chi connectivity index (χ2n) is 4.34. The number of nitrogens with one attached hydrogen (secondary N) is 1. The van der Waals surface area contributed by atoms with Crippen LogP contribution in [0.3, 0.4) is 0 Å². The smallest absolute Gasteiger partial charge is 0.234 e. The van der Waals surface area contributed by atoms with Crippen molar-refractivity contribution in [3.63, 3.8) is 0 Å². The van der Waals surface area contributed by atoms with Crippen LogP contribution < -0.4 is 5.32 Å². The minimum Gasteiger partial charge on any atom is -0.325 e. The van der Waals surface area contributed by atoms with Crippen LogP contribution in [-0.2, 0) is 11.3 Å². The molecule has 0 bridgehead atoms. The van der Waals surface area contributed by atoms with Gasteiger partial charge < -0.3 is 9.88 Å². The van der Waals surface area contributed by atoms with Crippen molar-refractivity contribution in [3.8, 4) is 0 Å². The van der Waals surface area contributed by atoms with E-state index < -0.39 is 0 Å². The first-order valence-corrected chi connectivity index (χ1v) is 7.50. The van der Waals surface area contributed by atoms with E-state index in [1.165, 1.54) is 18.7 Å². The number of aromatic nitrogens is 3. The molecule has 7 heteroatoms. The molecule has 0 spiro atoms. The fourth-order valence-corrected chi connectivity index (χ4v) is 2.57. The third-order valence-electron chi connectivity index (χ3n) is 2.83. The maximum atomic E-state index is 12.0. The number of ketones is 1. The molecule has 110 valence electrons. The number of rotatable bonds is 6. The van der Waals surface area contributed by atoms with E-state index in [1.807, 2.05) is 11.5 Å². The lowest BCUT2D eigenvalue weighted by atomic mass is 10.1. The Morgan fingerprint density at radius 2 is 2.10 bits per heavy atom. The van der Waals surface area contributed by atoms with Crippen molar-refractivity contribution in [3.05, 3.63) is 36.2 Å². The highest BCUT2D eigenvalue weighted by atomic mass is 32.2. The zero-order chi connectivity index (χ0) is 15.2. The molecule has 2 rings (SSSR count). The number of carbonyl (C=O) groups excluding carboxylic acids is 2. The second-order valence-corrected chi connectivity index (χ2v) is 5.28. The van der Waals surface area contributed by atoms with E-state index in [0.29, 0.717) is 16.4 Å². The largest absolute Gasteiger partial charge is 0.325 e. The first kappa shape index (κ1) is 15.2. The fraction of sp³-hybridized carbons (Fsp3) is 0.286. The third-order valence-corrected chi connectivity index (χ3v) is 3.81. The molecule has 0 atom stereocenters. The van der Waals surface area contributed by atoms with E-state index in [0.717, 1.165) is 6.54 Å². The summed E-state index contributed by atoms with van der Waals surface area (Å²) in [5.41, 5.74) is 1.04. The van der Waals surface area contributed by atoms with Gasteiger partial charge >= 0.3 is 0 Å². The Hall–Kier alpha value is -2.15. The molecule has 0 unspecified atom stereocenters. The zero-order valence-corrected chi connectivity index (χ0v) is 12.7. The number of nitrogens with zero attached hydrogens (tertiary/aromatic N) is 3. The Kier molecular flexibility index (Phi) is 5.10. The van der Waals surface area contributed by atoms with Crippen LogP contribution in [0.5, 0.6) is 0 Å². The molecule has 0 aliphatic carbocycles. The number of benzene rings is 1. The number of carbonyl (C=O) groups is 2.